The van der Waals surface area contributed by atoms with Crippen molar-refractivity contribution in [2.24, 2.45) is 0 Å². The minimum atomic E-state index is 0.513. The molecule has 1 aromatic heterocycles. The quantitative estimate of drug-likeness (QED) is 0.811. The fraction of sp³-hybridized carbons (Fsp3) is 0.154. The zero-order valence-electron chi connectivity index (χ0n) is 10.3. The van der Waals surface area contributed by atoms with Gasteiger partial charge in [0, 0.05) is 17.4 Å². The van der Waals surface area contributed by atoms with E-state index in [2.05, 4.69) is 20.6 Å². The van der Waals surface area contributed by atoms with Gasteiger partial charge >= 0.3 is 0 Å². The summed E-state index contributed by atoms with van der Waals surface area (Å²) >= 11 is 5.22. The highest BCUT2D eigenvalue weighted by Gasteiger charge is 2.01. The first-order valence-corrected chi connectivity index (χ1v) is 5.99. The molecule has 2 rings (SSSR count). The van der Waals surface area contributed by atoms with Crippen LogP contribution in [0.2, 0.25) is 0 Å². The van der Waals surface area contributed by atoms with Crippen LogP contribution in [-0.4, -0.2) is 15.1 Å². The Morgan fingerprint density at radius 3 is 2.44 bits per heavy atom. The van der Waals surface area contributed by atoms with E-state index in [4.69, 9.17) is 12.2 Å². The summed E-state index contributed by atoms with van der Waals surface area (Å²) in [5.41, 5.74) is 1.85. The highest BCUT2D eigenvalue weighted by atomic mass is 32.1. The Labute approximate surface area is 111 Å². The number of thiocarbonyl (C=S) groups is 1. The van der Waals surface area contributed by atoms with E-state index in [9.17, 15) is 0 Å². The molecule has 0 aliphatic rings. The Morgan fingerprint density at radius 1 is 1.06 bits per heavy atom. The molecule has 1 aromatic carbocycles. The molecule has 0 aliphatic carbocycles. The number of hydrogen-bond acceptors (Lipinski definition) is 3. The highest BCUT2D eigenvalue weighted by molar-refractivity contribution is 7.80. The molecule has 0 radical (unpaired) electrons. The first-order chi connectivity index (χ1) is 8.63. The van der Waals surface area contributed by atoms with Gasteiger partial charge in [-0.05, 0) is 38.2 Å². The standard InChI is InChI=1S/C13H14N4S/c1-9-8-12(15-10(2)14-9)17-13(18)16-11-6-4-3-5-7-11/h3-8H,1-2H3,(H2,14,15,16,17,18). The van der Waals surface area contributed by atoms with Gasteiger partial charge in [0.2, 0.25) is 0 Å². The third kappa shape index (κ3) is 3.49. The van der Waals surface area contributed by atoms with Crippen LogP contribution in [0.3, 0.4) is 0 Å². The third-order valence-electron chi connectivity index (χ3n) is 2.24. The molecule has 0 amide bonds. The third-order valence-corrected chi connectivity index (χ3v) is 2.44. The summed E-state index contributed by atoms with van der Waals surface area (Å²) in [6.45, 7) is 3.78. The van der Waals surface area contributed by atoms with Crippen molar-refractivity contribution < 1.29 is 0 Å². The molecule has 5 heteroatoms. The van der Waals surface area contributed by atoms with Crippen LogP contribution < -0.4 is 10.6 Å². The topological polar surface area (TPSA) is 49.8 Å². The molecule has 0 unspecified atom stereocenters. The first-order valence-electron chi connectivity index (χ1n) is 5.59. The molecule has 0 spiro atoms. The number of nitrogens with zero attached hydrogens (tertiary/aromatic N) is 2. The molecule has 2 N–H and O–H groups in total. The monoisotopic (exact) mass is 258 g/mol. The Balaban J connectivity index is 2.03. The second-order valence-electron chi connectivity index (χ2n) is 3.89. The average Bonchev–Trinajstić information content (AvgIpc) is 2.28. The van der Waals surface area contributed by atoms with E-state index in [1.807, 2.05) is 50.2 Å². The highest BCUT2D eigenvalue weighted by Crippen LogP contribution is 2.08. The van der Waals surface area contributed by atoms with Crippen molar-refractivity contribution >= 4 is 28.8 Å². The van der Waals surface area contributed by atoms with Crippen LogP contribution in [0.5, 0.6) is 0 Å². The maximum atomic E-state index is 5.22. The molecule has 0 fully saturated rings. The van der Waals surface area contributed by atoms with Gasteiger partial charge in [-0.15, -0.1) is 0 Å². The molecular weight excluding hydrogens is 244 g/mol. The maximum absolute atomic E-state index is 5.22. The number of nitrogens with one attached hydrogen (secondary N) is 2. The summed E-state index contributed by atoms with van der Waals surface area (Å²) in [6.07, 6.45) is 0. The van der Waals surface area contributed by atoms with Gasteiger partial charge in [0.15, 0.2) is 5.11 Å². The van der Waals surface area contributed by atoms with Gasteiger partial charge in [-0.3, -0.25) is 0 Å². The molecule has 0 aliphatic heterocycles. The molecular formula is C13H14N4S. The van der Waals surface area contributed by atoms with Gasteiger partial charge in [0.1, 0.15) is 11.6 Å². The minimum absolute atomic E-state index is 0.513. The van der Waals surface area contributed by atoms with Gasteiger partial charge in [0.25, 0.3) is 0 Å². The van der Waals surface area contributed by atoms with E-state index >= 15 is 0 Å². The summed E-state index contributed by atoms with van der Waals surface area (Å²) in [6, 6.07) is 11.6. The van der Waals surface area contributed by atoms with Crippen LogP contribution in [0.1, 0.15) is 11.5 Å². The van der Waals surface area contributed by atoms with Gasteiger partial charge in [-0.25, -0.2) is 9.97 Å². The molecule has 92 valence electrons. The number of aromatic nitrogens is 2. The second kappa shape index (κ2) is 5.55. The van der Waals surface area contributed by atoms with Crippen LogP contribution in [-0.2, 0) is 0 Å². The van der Waals surface area contributed by atoms with Gasteiger partial charge < -0.3 is 10.6 Å². The van der Waals surface area contributed by atoms with Gasteiger partial charge in [0.05, 0.1) is 0 Å². The number of aryl methyl sites for hydroxylation is 2. The Bertz CT molecular complexity index is 534. The zero-order valence-corrected chi connectivity index (χ0v) is 11.1. The number of hydrogen-bond donors (Lipinski definition) is 2. The number of anilines is 2. The number of benzene rings is 1. The van der Waals surface area contributed by atoms with E-state index < -0.39 is 0 Å². The largest absolute Gasteiger partial charge is 0.332 e. The second-order valence-corrected chi connectivity index (χ2v) is 4.30. The maximum Gasteiger partial charge on any atom is 0.176 e. The molecule has 18 heavy (non-hydrogen) atoms. The number of para-hydroxylation sites is 1. The predicted molar refractivity (Wildman–Crippen MR) is 77.8 cm³/mol. The van der Waals surface area contributed by atoms with Crippen molar-refractivity contribution in [3.05, 3.63) is 47.9 Å². The van der Waals surface area contributed by atoms with Crippen LogP contribution in [0.4, 0.5) is 11.5 Å². The van der Waals surface area contributed by atoms with E-state index in [0.29, 0.717) is 10.9 Å². The van der Waals surface area contributed by atoms with Crippen LogP contribution in [0, 0.1) is 13.8 Å². The van der Waals surface area contributed by atoms with Crippen molar-refractivity contribution in [3.63, 3.8) is 0 Å². The molecule has 1 heterocycles. The van der Waals surface area contributed by atoms with Crippen LogP contribution in [0.25, 0.3) is 0 Å². The van der Waals surface area contributed by atoms with Crippen LogP contribution >= 0.6 is 12.2 Å². The van der Waals surface area contributed by atoms with Gasteiger partial charge in [-0.1, -0.05) is 18.2 Å². The van der Waals surface area contributed by atoms with E-state index in [1.165, 1.54) is 0 Å². The summed E-state index contributed by atoms with van der Waals surface area (Å²) in [4.78, 5) is 8.48. The van der Waals surface area contributed by atoms with Crippen molar-refractivity contribution in [3.8, 4) is 0 Å². The number of rotatable bonds is 2. The lowest BCUT2D eigenvalue weighted by Gasteiger charge is -2.10. The molecule has 4 nitrogen and oxygen atoms in total. The molecule has 0 saturated heterocycles. The predicted octanol–water partition coefficient (Wildman–Crippen LogP) is 2.90. The lowest BCUT2D eigenvalue weighted by atomic mass is 10.3. The molecule has 0 atom stereocenters. The smallest absolute Gasteiger partial charge is 0.176 e. The van der Waals surface area contributed by atoms with E-state index in [1.54, 1.807) is 0 Å². The lowest BCUT2D eigenvalue weighted by molar-refractivity contribution is 1.02. The van der Waals surface area contributed by atoms with E-state index in [0.717, 1.165) is 17.2 Å². The molecule has 2 aromatic rings. The summed E-state index contributed by atoms with van der Waals surface area (Å²) in [7, 11) is 0. The SMILES string of the molecule is Cc1cc(NC(=S)Nc2ccccc2)nc(C)n1. The van der Waals surface area contributed by atoms with Crippen molar-refractivity contribution in [2.45, 2.75) is 13.8 Å². The van der Waals surface area contributed by atoms with E-state index in [-0.39, 0.29) is 0 Å². The zero-order chi connectivity index (χ0) is 13.0. The minimum Gasteiger partial charge on any atom is -0.332 e. The summed E-state index contributed by atoms with van der Waals surface area (Å²) in [5, 5.41) is 6.64. The Kier molecular flexibility index (Phi) is 3.84. The Hall–Kier alpha value is -2.01. The molecule has 0 bridgehead atoms. The normalized spacial score (nSPS) is 9.89. The van der Waals surface area contributed by atoms with Gasteiger partial charge in [-0.2, -0.15) is 0 Å². The summed E-state index contributed by atoms with van der Waals surface area (Å²) < 4.78 is 0. The van der Waals surface area contributed by atoms with Crippen molar-refractivity contribution in [1.82, 2.24) is 9.97 Å². The molecule has 0 saturated carbocycles. The fourth-order valence-corrected chi connectivity index (χ4v) is 1.80. The van der Waals surface area contributed by atoms with Crippen molar-refractivity contribution in [1.29, 1.82) is 0 Å². The van der Waals surface area contributed by atoms with Crippen LogP contribution in [0.15, 0.2) is 36.4 Å². The van der Waals surface area contributed by atoms with Crippen molar-refractivity contribution in [2.75, 3.05) is 10.6 Å². The summed E-state index contributed by atoms with van der Waals surface area (Å²) in [5.74, 6) is 1.42. The fourth-order valence-electron chi connectivity index (χ4n) is 1.58. The Morgan fingerprint density at radius 2 is 1.78 bits per heavy atom. The first kappa shape index (κ1) is 12.4. The average molecular weight is 258 g/mol. The lowest BCUT2D eigenvalue weighted by Crippen LogP contribution is -2.20.